The van der Waals surface area contributed by atoms with Gasteiger partial charge in [-0.15, -0.1) is 0 Å². The molecule has 0 spiro atoms. The number of aromatic nitrogens is 3. The Morgan fingerprint density at radius 1 is 1.27 bits per heavy atom. The van der Waals surface area contributed by atoms with Crippen LogP contribution < -0.4 is 11.2 Å². The molecule has 1 atom stereocenters. The number of benzene rings is 1. The van der Waals surface area contributed by atoms with E-state index in [1.165, 1.54) is 16.8 Å². The Labute approximate surface area is 177 Å². The molecular formula is C21H21ClN4O4. The van der Waals surface area contributed by atoms with E-state index >= 15 is 0 Å². The van der Waals surface area contributed by atoms with Crippen molar-refractivity contribution in [1.82, 2.24) is 19.4 Å². The number of carbonyl (C=O) groups excluding carboxylic acids is 1. The molecule has 8 nitrogen and oxygen atoms in total. The van der Waals surface area contributed by atoms with Crippen LogP contribution in [0.4, 0.5) is 0 Å². The van der Waals surface area contributed by atoms with Crippen LogP contribution in [0.15, 0.2) is 56.7 Å². The average Bonchev–Trinajstić information content (AvgIpc) is 3.18. The SMILES string of the molecule is O=C(Cn1ccc(=O)[nH]c1=O)N1CCCCC1c1ncc(Cc2cccc(Cl)c2)o1. The Bertz CT molecular complexity index is 1170. The van der Waals surface area contributed by atoms with Gasteiger partial charge in [0.1, 0.15) is 18.3 Å². The first kappa shape index (κ1) is 20.2. The zero-order valence-electron chi connectivity index (χ0n) is 16.2. The molecule has 30 heavy (non-hydrogen) atoms. The van der Waals surface area contributed by atoms with Gasteiger partial charge in [0, 0.05) is 30.3 Å². The van der Waals surface area contributed by atoms with Gasteiger partial charge in [0.2, 0.25) is 11.8 Å². The molecule has 1 amide bonds. The van der Waals surface area contributed by atoms with Gasteiger partial charge >= 0.3 is 5.69 Å². The Hall–Kier alpha value is -3.13. The van der Waals surface area contributed by atoms with Crippen LogP contribution in [0.3, 0.4) is 0 Å². The maximum atomic E-state index is 12.9. The van der Waals surface area contributed by atoms with Gasteiger partial charge < -0.3 is 9.32 Å². The lowest BCUT2D eigenvalue weighted by molar-refractivity contribution is -0.136. The number of hydrogen-bond acceptors (Lipinski definition) is 5. The van der Waals surface area contributed by atoms with Crippen LogP contribution in [0, 0.1) is 0 Å². The number of oxazole rings is 1. The van der Waals surface area contributed by atoms with Gasteiger partial charge in [0.25, 0.3) is 5.56 Å². The fourth-order valence-corrected chi connectivity index (χ4v) is 3.91. The lowest BCUT2D eigenvalue weighted by atomic mass is 10.0. The summed E-state index contributed by atoms with van der Waals surface area (Å²) in [5.74, 6) is 0.972. The average molecular weight is 429 g/mol. The quantitative estimate of drug-likeness (QED) is 0.672. The zero-order valence-corrected chi connectivity index (χ0v) is 17.0. The van der Waals surface area contributed by atoms with Gasteiger partial charge in [-0.3, -0.25) is 19.1 Å². The highest BCUT2D eigenvalue weighted by Crippen LogP contribution is 2.31. The van der Waals surface area contributed by atoms with E-state index in [0.717, 1.165) is 24.8 Å². The smallest absolute Gasteiger partial charge is 0.328 e. The van der Waals surface area contributed by atoms with Crippen molar-refractivity contribution in [2.24, 2.45) is 0 Å². The van der Waals surface area contributed by atoms with Crippen molar-refractivity contribution in [3.8, 4) is 0 Å². The molecule has 1 aliphatic rings. The molecule has 3 aromatic rings. The molecule has 1 aromatic carbocycles. The van der Waals surface area contributed by atoms with Gasteiger partial charge in [-0.05, 0) is 37.0 Å². The molecule has 4 rings (SSSR count). The van der Waals surface area contributed by atoms with E-state index in [4.69, 9.17) is 16.0 Å². The summed E-state index contributed by atoms with van der Waals surface area (Å²) in [7, 11) is 0. The summed E-state index contributed by atoms with van der Waals surface area (Å²) in [5.41, 5.74) is -0.0878. The number of halogens is 1. The normalized spacial score (nSPS) is 16.6. The molecule has 0 radical (unpaired) electrons. The van der Waals surface area contributed by atoms with E-state index in [9.17, 15) is 14.4 Å². The molecule has 1 unspecified atom stereocenters. The van der Waals surface area contributed by atoms with Crippen LogP contribution in [0.5, 0.6) is 0 Å². The molecule has 3 heterocycles. The molecule has 1 aliphatic heterocycles. The summed E-state index contributed by atoms with van der Waals surface area (Å²) < 4.78 is 7.16. The minimum Gasteiger partial charge on any atom is -0.443 e. The summed E-state index contributed by atoms with van der Waals surface area (Å²) in [4.78, 5) is 44.3. The highest BCUT2D eigenvalue weighted by Gasteiger charge is 2.31. The van der Waals surface area contributed by atoms with E-state index in [1.807, 2.05) is 24.3 Å². The van der Waals surface area contributed by atoms with Crippen molar-refractivity contribution < 1.29 is 9.21 Å². The van der Waals surface area contributed by atoms with Crippen LogP contribution in [-0.4, -0.2) is 31.9 Å². The standard InChI is InChI=1S/C21H21ClN4O4/c22-15-5-3-4-14(10-15)11-16-12-23-20(30-16)17-6-1-2-8-26(17)19(28)13-25-9-7-18(27)24-21(25)29/h3-5,7,9-10,12,17H,1-2,6,8,11,13H2,(H,24,27,29). The third-order valence-electron chi connectivity index (χ3n) is 5.15. The summed E-state index contributed by atoms with van der Waals surface area (Å²) in [6, 6.07) is 8.48. The summed E-state index contributed by atoms with van der Waals surface area (Å²) >= 11 is 6.04. The number of amides is 1. The predicted molar refractivity (Wildman–Crippen MR) is 110 cm³/mol. The fourth-order valence-electron chi connectivity index (χ4n) is 3.70. The zero-order chi connectivity index (χ0) is 21.1. The highest BCUT2D eigenvalue weighted by atomic mass is 35.5. The van der Waals surface area contributed by atoms with Crippen molar-refractivity contribution in [2.75, 3.05) is 6.54 Å². The van der Waals surface area contributed by atoms with Crippen molar-refractivity contribution in [2.45, 2.75) is 38.3 Å². The monoisotopic (exact) mass is 428 g/mol. The number of rotatable bonds is 5. The molecule has 0 saturated carbocycles. The first-order valence-corrected chi connectivity index (χ1v) is 10.2. The molecule has 0 bridgehead atoms. The van der Waals surface area contributed by atoms with Crippen molar-refractivity contribution >= 4 is 17.5 Å². The van der Waals surface area contributed by atoms with E-state index in [1.54, 1.807) is 11.1 Å². The third kappa shape index (κ3) is 4.54. The van der Waals surface area contributed by atoms with Crippen molar-refractivity contribution in [1.29, 1.82) is 0 Å². The van der Waals surface area contributed by atoms with Gasteiger partial charge in [-0.2, -0.15) is 0 Å². The second-order valence-electron chi connectivity index (χ2n) is 7.31. The minimum atomic E-state index is -0.607. The fraction of sp³-hybridized carbons (Fsp3) is 0.333. The first-order chi connectivity index (χ1) is 14.5. The van der Waals surface area contributed by atoms with E-state index < -0.39 is 11.2 Å². The number of aromatic amines is 1. The predicted octanol–water partition coefficient (Wildman–Crippen LogP) is 2.52. The maximum Gasteiger partial charge on any atom is 0.328 e. The van der Waals surface area contributed by atoms with Gasteiger partial charge in [0.05, 0.1) is 6.20 Å². The number of carbonyl (C=O) groups is 1. The minimum absolute atomic E-state index is 0.151. The molecular weight excluding hydrogens is 408 g/mol. The molecule has 2 aromatic heterocycles. The number of H-pyrrole nitrogens is 1. The molecule has 156 valence electrons. The largest absolute Gasteiger partial charge is 0.443 e. The van der Waals surface area contributed by atoms with Crippen molar-refractivity contribution in [3.05, 3.63) is 85.8 Å². The lowest BCUT2D eigenvalue weighted by Gasteiger charge is -2.33. The van der Waals surface area contributed by atoms with E-state index in [-0.39, 0.29) is 18.5 Å². The Balaban J connectivity index is 1.51. The number of nitrogens with zero attached hydrogens (tertiary/aromatic N) is 3. The Morgan fingerprint density at radius 2 is 2.13 bits per heavy atom. The van der Waals surface area contributed by atoms with Crippen molar-refractivity contribution in [3.63, 3.8) is 0 Å². The number of likely N-dealkylation sites (tertiary alicyclic amines) is 1. The summed E-state index contributed by atoms with van der Waals surface area (Å²) in [5, 5.41) is 0.661. The second-order valence-corrected chi connectivity index (χ2v) is 7.74. The molecule has 9 heteroatoms. The molecule has 1 fully saturated rings. The van der Waals surface area contributed by atoms with Gasteiger partial charge in [-0.25, -0.2) is 9.78 Å². The lowest BCUT2D eigenvalue weighted by Crippen LogP contribution is -2.42. The molecule has 1 N–H and O–H groups in total. The van der Waals surface area contributed by atoms with Gasteiger partial charge in [-0.1, -0.05) is 23.7 Å². The van der Waals surface area contributed by atoms with Crippen LogP contribution in [0.2, 0.25) is 5.02 Å². The summed E-state index contributed by atoms with van der Waals surface area (Å²) in [6.07, 6.45) is 6.13. The van der Waals surface area contributed by atoms with Crippen LogP contribution >= 0.6 is 11.6 Å². The topological polar surface area (TPSA) is 101 Å². The third-order valence-corrected chi connectivity index (χ3v) is 5.38. The molecule has 0 aliphatic carbocycles. The second kappa shape index (κ2) is 8.71. The Morgan fingerprint density at radius 3 is 2.93 bits per heavy atom. The maximum absolute atomic E-state index is 12.9. The van der Waals surface area contributed by atoms with Gasteiger partial charge in [0.15, 0.2) is 0 Å². The number of nitrogens with one attached hydrogen (secondary N) is 1. The number of hydrogen-bond donors (Lipinski definition) is 1. The van der Waals surface area contributed by atoms with Crippen LogP contribution in [0.25, 0.3) is 0 Å². The number of piperidine rings is 1. The highest BCUT2D eigenvalue weighted by molar-refractivity contribution is 6.30. The van der Waals surface area contributed by atoms with Crippen LogP contribution in [0.1, 0.15) is 42.5 Å². The van der Waals surface area contributed by atoms with Crippen LogP contribution in [-0.2, 0) is 17.8 Å². The summed E-state index contributed by atoms with van der Waals surface area (Å²) in [6.45, 7) is 0.413. The van der Waals surface area contributed by atoms with E-state index in [0.29, 0.717) is 29.6 Å². The Kier molecular flexibility index (Phi) is 5.85. The molecule has 1 saturated heterocycles. The first-order valence-electron chi connectivity index (χ1n) is 9.78. The van der Waals surface area contributed by atoms with E-state index in [2.05, 4.69) is 9.97 Å².